The van der Waals surface area contributed by atoms with Gasteiger partial charge in [0.1, 0.15) is 17.2 Å². The first-order valence-corrected chi connectivity index (χ1v) is 9.84. The lowest BCUT2D eigenvalue weighted by Gasteiger charge is -2.10. The monoisotopic (exact) mass is 456 g/mol. The van der Waals surface area contributed by atoms with Gasteiger partial charge in [-0.15, -0.1) is 0 Å². The van der Waals surface area contributed by atoms with Gasteiger partial charge >= 0.3 is 0 Å². The minimum atomic E-state index is -0.373. The highest BCUT2D eigenvalue weighted by molar-refractivity contribution is 9.10. The number of rotatable bonds is 8. The van der Waals surface area contributed by atoms with Crippen LogP contribution in [-0.4, -0.2) is 32.4 Å². The summed E-state index contributed by atoms with van der Waals surface area (Å²) in [5, 5.41) is 6.14. The zero-order valence-electron chi connectivity index (χ0n) is 16.1. The Bertz CT molecular complexity index is 1040. The number of methoxy groups -OCH3 is 1. The molecule has 0 aliphatic heterocycles. The summed E-state index contributed by atoms with van der Waals surface area (Å²) in [5.74, 6) is 1.57. The maximum absolute atomic E-state index is 12.1. The van der Waals surface area contributed by atoms with Gasteiger partial charge in [0.15, 0.2) is 6.61 Å². The molecule has 0 aliphatic rings. The van der Waals surface area contributed by atoms with Crippen LogP contribution in [0.5, 0.6) is 17.2 Å². The Kier molecular flexibility index (Phi) is 7.08. The van der Waals surface area contributed by atoms with Crippen LogP contribution < -0.4 is 19.6 Å². The molecule has 0 radical (unpaired) electrons. The van der Waals surface area contributed by atoms with Gasteiger partial charge in [-0.25, -0.2) is 5.43 Å². The van der Waals surface area contributed by atoms with Crippen molar-refractivity contribution in [2.24, 2.45) is 5.10 Å². The number of fused-ring (bicyclic) bond motifs is 1. The van der Waals surface area contributed by atoms with Crippen LogP contribution >= 0.6 is 15.9 Å². The number of ether oxygens (including phenoxy) is 3. The van der Waals surface area contributed by atoms with Crippen LogP contribution in [0.25, 0.3) is 10.8 Å². The number of hydrogen-bond acceptors (Lipinski definition) is 5. The molecular formula is C22H21BrN2O4. The molecule has 0 spiro atoms. The fourth-order valence-electron chi connectivity index (χ4n) is 2.76. The molecule has 3 aromatic carbocycles. The van der Waals surface area contributed by atoms with Crippen molar-refractivity contribution in [2.75, 3.05) is 20.3 Å². The Morgan fingerprint density at radius 3 is 2.66 bits per heavy atom. The van der Waals surface area contributed by atoms with Crippen molar-refractivity contribution in [3.63, 3.8) is 0 Å². The third-order valence-electron chi connectivity index (χ3n) is 4.11. The van der Waals surface area contributed by atoms with E-state index >= 15 is 0 Å². The molecular weight excluding hydrogens is 436 g/mol. The zero-order chi connectivity index (χ0) is 20.6. The molecule has 1 amide bonds. The van der Waals surface area contributed by atoms with Crippen LogP contribution in [-0.2, 0) is 4.79 Å². The normalized spacial score (nSPS) is 10.9. The second-order valence-corrected chi connectivity index (χ2v) is 6.86. The second kappa shape index (κ2) is 9.93. The largest absolute Gasteiger partial charge is 0.497 e. The fraction of sp³-hybridized carbons (Fsp3) is 0.182. The summed E-state index contributed by atoms with van der Waals surface area (Å²) >= 11 is 3.39. The molecule has 0 saturated heterocycles. The molecule has 0 bridgehead atoms. The predicted octanol–water partition coefficient (Wildman–Crippen LogP) is 4.54. The zero-order valence-corrected chi connectivity index (χ0v) is 17.7. The van der Waals surface area contributed by atoms with Crippen molar-refractivity contribution < 1.29 is 19.0 Å². The Balaban J connectivity index is 1.66. The number of hydrogen-bond donors (Lipinski definition) is 1. The molecule has 0 aliphatic carbocycles. The van der Waals surface area contributed by atoms with Gasteiger partial charge in [0.05, 0.1) is 24.4 Å². The molecule has 0 unspecified atom stereocenters. The number of halogens is 1. The summed E-state index contributed by atoms with van der Waals surface area (Å²) in [7, 11) is 1.58. The number of carbonyl (C=O) groups is 1. The van der Waals surface area contributed by atoms with Gasteiger partial charge in [-0.3, -0.25) is 4.79 Å². The first kappa shape index (κ1) is 20.7. The van der Waals surface area contributed by atoms with Crippen molar-refractivity contribution in [2.45, 2.75) is 6.92 Å². The molecule has 1 N–H and O–H groups in total. The molecule has 29 heavy (non-hydrogen) atoms. The van der Waals surface area contributed by atoms with E-state index in [-0.39, 0.29) is 12.5 Å². The highest BCUT2D eigenvalue weighted by Gasteiger charge is 2.08. The summed E-state index contributed by atoms with van der Waals surface area (Å²) in [4.78, 5) is 12.1. The van der Waals surface area contributed by atoms with Crippen LogP contribution in [0.15, 0.2) is 64.2 Å². The van der Waals surface area contributed by atoms with Gasteiger partial charge in [-0.05, 0) is 57.9 Å². The SMILES string of the molecule is CCOc1ccc2ccccc2c1C=NNC(=O)COc1ccc(OC)cc1Br. The standard InChI is InChI=1S/C22H21BrN2O4/c1-3-28-20-10-8-15-6-4-5-7-17(15)18(20)13-24-25-22(26)14-29-21-11-9-16(27-2)12-19(21)23/h4-13H,3,14H2,1-2H3,(H,25,26). The maximum Gasteiger partial charge on any atom is 0.277 e. The van der Waals surface area contributed by atoms with Crippen LogP contribution in [0.3, 0.4) is 0 Å². The molecule has 0 heterocycles. The maximum atomic E-state index is 12.1. The number of benzene rings is 3. The first-order valence-electron chi connectivity index (χ1n) is 9.05. The van der Waals surface area contributed by atoms with Crippen molar-refractivity contribution in [1.82, 2.24) is 5.43 Å². The summed E-state index contributed by atoms with van der Waals surface area (Å²) in [5.41, 5.74) is 3.30. The Morgan fingerprint density at radius 1 is 1.10 bits per heavy atom. The van der Waals surface area contributed by atoms with E-state index in [4.69, 9.17) is 14.2 Å². The summed E-state index contributed by atoms with van der Waals surface area (Å²) in [6.45, 7) is 2.29. The third kappa shape index (κ3) is 5.26. The van der Waals surface area contributed by atoms with Gasteiger partial charge in [-0.2, -0.15) is 5.10 Å². The van der Waals surface area contributed by atoms with Crippen molar-refractivity contribution in [1.29, 1.82) is 0 Å². The van der Waals surface area contributed by atoms with Gasteiger partial charge in [0.2, 0.25) is 0 Å². The molecule has 0 atom stereocenters. The van der Waals surface area contributed by atoms with Crippen LogP contribution in [0, 0.1) is 0 Å². The molecule has 6 nitrogen and oxygen atoms in total. The second-order valence-electron chi connectivity index (χ2n) is 6.01. The number of amides is 1. The molecule has 7 heteroatoms. The number of nitrogens with zero attached hydrogens (tertiary/aromatic N) is 1. The number of carbonyl (C=O) groups excluding carboxylic acids is 1. The lowest BCUT2D eigenvalue weighted by Crippen LogP contribution is -2.24. The fourth-order valence-corrected chi connectivity index (χ4v) is 3.23. The average Bonchev–Trinajstić information content (AvgIpc) is 2.74. The predicted molar refractivity (Wildman–Crippen MR) is 117 cm³/mol. The van der Waals surface area contributed by atoms with Gasteiger partial charge in [0, 0.05) is 5.56 Å². The van der Waals surface area contributed by atoms with E-state index in [0.717, 1.165) is 16.3 Å². The van der Waals surface area contributed by atoms with Crippen LogP contribution in [0.2, 0.25) is 0 Å². The van der Waals surface area contributed by atoms with Crippen molar-refractivity contribution in [3.05, 3.63) is 64.6 Å². The average molecular weight is 457 g/mol. The van der Waals surface area contributed by atoms with E-state index in [1.165, 1.54) is 0 Å². The van der Waals surface area contributed by atoms with Crippen molar-refractivity contribution >= 4 is 38.8 Å². The summed E-state index contributed by atoms with van der Waals surface area (Å²) < 4.78 is 17.0. The quantitative estimate of drug-likeness (QED) is 0.399. The Hall–Kier alpha value is -3.06. The Labute approximate surface area is 177 Å². The van der Waals surface area contributed by atoms with Gasteiger partial charge in [-0.1, -0.05) is 30.3 Å². The smallest absolute Gasteiger partial charge is 0.277 e. The lowest BCUT2D eigenvalue weighted by atomic mass is 10.0. The molecule has 0 aromatic heterocycles. The number of nitrogens with one attached hydrogen (secondary N) is 1. The van der Waals surface area contributed by atoms with E-state index in [1.54, 1.807) is 31.5 Å². The van der Waals surface area contributed by atoms with E-state index < -0.39 is 0 Å². The molecule has 3 rings (SSSR count). The molecule has 3 aromatic rings. The highest BCUT2D eigenvalue weighted by Crippen LogP contribution is 2.29. The Morgan fingerprint density at radius 2 is 1.90 bits per heavy atom. The molecule has 0 saturated carbocycles. The topological polar surface area (TPSA) is 69.2 Å². The third-order valence-corrected chi connectivity index (χ3v) is 4.73. The van der Waals surface area contributed by atoms with E-state index in [1.807, 2.05) is 43.3 Å². The summed E-state index contributed by atoms with van der Waals surface area (Å²) in [6, 6.07) is 17.1. The first-order chi connectivity index (χ1) is 14.1. The number of hydrazone groups is 1. The minimum Gasteiger partial charge on any atom is -0.497 e. The van der Waals surface area contributed by atoms with E-state index in [2.05, 4.69) is 26.5 Å². The van der Waals surface area contributed by atoms with Crippen molar-refractivity contribution in [3.8, 4) is 17.2 Å². The summed E-state index contributed by atoms with van der Waals surface area (Å²) in [6.07, 6.45) is 1.59. The van der Waals surface area contributed by atoms with Gasteiger partial charge < -0.3 is 14.2 Å². The van der Waals surface area contributed by atoms with Crippen LogP contribution in [0.4, 0.5) is 0 Å². The van der Waals surface area contributed by atoms with Gasteiger partial charge in [0.25, 0.3) is 5.91 Å². The van der Waals surface area contributed by atoms with E-state index in [9.17, 15) is 4.79 Å². The van der Waals surface area contributed by atoms with E-state index in [0.29, 0.717) is 28.3 Å². The molecule has 150 valence electrons. The molecule has 0 fully saturated rings. The van der Waals surface area contributed by atoms with Crippen LogP contribution in [0.1, 0.15) is 12.5 Å². The highest BCUT2D eigenvalue weighted by atomic mass is 79.9. The lowest BCUT2D eigenvalue weighted by molar-refractivity contribution is -0.123. The minimum absolute atomic E-state index is 0.171.